The Hall–Kier alpha value is -2.65. The van der Waals surface area contributed by atoms with Gasteiger partial charge < -0.3 is 9.47 Å². The zero-order valence-electron chi connectivity index (χ0n) is 23.1. The normalized spacial score (nSPS) is 34.0. The molecule has 0 spiro atoms. The van der Waals surface area contributed by atoms with Crippen molar-refractivity contribution in [1.82, 2.24) is 0 Å². The third kappa shape index (κ3) is 2.76. The lowest BCUT2D eigenvalue weighted by atomic mass is 9.43. The number of rotatable bonds is 2. The Balaban J connectivity index is 1.72. The van der Waals surface area contributed by atoms with Crippen LogP contribution < -0.4 is 0 Å². The van der Waals surface area contributed by atoms with E-state index in [-0.39, 0.29) is 39.8 Å². The topological polar surface area (TPSA) is 35.5 Å². The predicted molar refractivity (Wildman–Crippen MR) is 144 cm³/mol. The van der Waals surface area contributed by atoms with Gasteiger partial charge in [0.05, 0.1) is 12.2 Å². The SMILES string of the molecule is CCOC(=O)C1=C[C@H]2O[C@@H]1C1=C3C=C(C(C)(C)C)C=C4C=CC5=CC(C(C)(C)C)=CC(=C12)[C@@]5(C)[C@@]43C. The molecule has 3 nitrogen and oxygen atoms in total. The van der Waals surface area contributed by atoms with Gasteiger partial charge in [0.15, 0.2) is 0 Å². The second-order valence-corrected chi connectivity index (χ2v) is 13.4. The van der Waals surface area contributed by atoms with Gasteiger partial charge in [-0.15, -0.1) is 0 Å². The summed E-state index contributed by atoms with van der Waals surface area (Å²) in [5.74, 6) is -0.258. The van der Waals surface area contributed by atoms with E-state index in [0.717, 1.165) is 0 Å². The molecule has 0 unspecified atom stereocenters. The highest BCUT2D eigenvalue weighted by Crippen LogP contribution is 2.70. The molecule has 0 amide bonds. The summed E-state index contributed by atoms with van der Waals surface area (Å²) in [7, 11) is 0. The Morgan fingerprint density at radius 3 is 1.83 bits per heavy atom. The Labute approximate surface area is 215 Å². The molecule has 1 fully saturated rings. The second kappa shape index (κ2) is 7.01. The van der Waals surface area contributed by atoms with Crippen molar-refractivity contribution in [3.8, 4) is 0 Å². The molecule has 2 bridgehead atoms. The summed E-state index contributed by atoms with van der Waals surface area (Å²) in [6.07, 6.45) is 15.7. The summed E-state index contributed by atoms with van der Waals surface area (Å²) < 4.78 is 12.0. The molecule has 4 atom stereocenters. The van der Waals surface area contributed by atoms with Gasteiger partial charge in [0.25, 0.3) is 0 Å². The van der Waals surface area contributed by atoms with Crippen molar-refractivity contribution in [2.75, 3.05) is 6.61 Å². The Morgan fingerprint density at radius 2 is 1.36 bits per heavy atom. The van der Waals surface area contributed by atoms with Gasteiger partial charge in [0.1, 0.15) is 12.2 Å². The number of fused-ring (bicyclic) bond motifs is 5. The Morgan fingerprint density at radius 1 is 0.861 bits per heavy atom. The average molecular weight is 483 g/mol. The fourth-order valence-electron chi connectivity index (χ4n) is 7.06. The molecule has 0 N–H and O–H groups in total. The number of carbonyl (C=O) groups excluding carboxylic acids is 1. The molecule has 0 aromatic rings. The van der Waals surface area contributed by atoms with Crippen LogP contribution in [0.2, 0.25) is 0 Å². The van der Waals surface area contributed by atoms with Gasteiger partial charge in [-0.1, -0.05) is 91.8 Å². The summed E-state index contributed by atoms with van der Waals surface area (Å²) in [5.41, 5.74) is 10.6. The number of hydrogen-bond donors (Lipinski definition) is 0. The summed E-state index contributed by atoms with van der Waals surface area (Å²) in [5, 5.41) is 0. The lowest BCUT2D eigenvalue weighted by Crippen LogP contribution is -2.50. The second-order valence-electron chi connectivity index (χ2n) is 13.4. The largest absolute Gasteiger partial charge is 0.463 e. The van der Waals surface area contributed by atoms with Crippen LogP contribution in [0.25, 0.3) is 0 Å². The molecule has 1 saturated heterocycles. The Kier molecular flexibility index (Phi) is 4.62. The van der Waals surface area contributed by atoms with Gasteiger partial charge in [-0.25, -0.2) is 4.79 Å². The van der Waals surface area contributed by atoms with E-state index in [4.69, 9.17) is 9.47 Å². The molecular formula is C33H38O3. The first-order valence-corrected chi connectivity index (χ1v) is 13.3. The van der Waals surface area contributed by atoms with Gasteiger partial charge in [-0.05, 0) is 68.4 Å². The van der Waals surface area contributed by atoms with E-state index < -0.39 is 0 Å². The maximum absolute atomic E-state index is 13.0. The van der Waals surface area contributed by atoms with Crippen molar-refractivity contribution < 1.29 is 14.3 Å². The zero-order valence-corrected chi connectivity index (χ0v) is 23.1. The third-order valence-corrected chi connectivity index (χ3v) is 9.45. The lowest BCUT2D eigenvalue weighted by molar-refractivity contribution is -0.139. The smallest absolute Gasteiger partial charge is 0.336 e. The summed E-state index contributed by atoms with van der Waals surface area (Å²) in [6.45, 7) is 20.7. The zero-order chi connectivity index (χ0) is 26.0. The van der Waals surface area contributed by atoms with Crippen molar-refractivity contribution in [3.05, 3.63) is 92.7 Å². The minimum atomic E-state index is -0.378. The first-order chi connectivity index (χ1) is 16.7. The lowest BCUT2D eigenvalue weighted by Gasteiger charge is -2.59. The highest BCUT2D eigenvalue weighted by molar-refractivity contribution is 5.94. The maximum Gasteiger partial charge on any atom is 0.336 e. The molecule has 6 aliphatic rings. The quantitative estimate of drug-likeness (QED) is 0.388. The molecule has 188 valence electrons. The van der Waals surface area contributed by atoms with E-state index in [1.807, 2.05) is 13.0 Å². The first-order valence-electron chi connectivity index (χ1n) is 13.3. The van der Waals surface area contributed by atoms with Crippen LogP contribution in [0.5, 0.6) is 0 Å². The molecular weight excluding hydrogens is 444 g/mol. The monoisotopic (exact) mass is 482 g/mol. The van der Waals surface area contributed by atoms with Crippen LogP contribution in [0.1, 0.15) is 62.3 Å². The van der Waals surface area contributed by atoms with E-state index in [9.17, 15) is 4.79 Å². The molecule has 0 saturated carbocycles. The minimum Gasteiger partial charge on any atom is -0.463 e. The number of carbonyl (C=O) groups is 1. The molecule has 2 aliphatic heterocycles. The minimum absolute atomic E-state index is 0.00106. The van der Waals surface area contributed by atoms with Gasteiger partial charge in [0.2, 0.25) is 0 Å². The van der Waals surface area contributed by atoms with Crippen molar-refractivity contribution in [2.24, 2.45) is 21.7 Å². The average Bonchev–Trinajstić information content (AvgIpc) is 3.36. The van der Waals surface area contributed by atoms with Gasteiger partial charge >= 0.3 is 5.97 Å². The van der Waals surface area contributed by atoms with Crippen LogP contribution in [-0.4, -0.2) is 24.8 Å². The van der Waals surface area contributed by atoms with Crippen molar-refractivity contribution in [3.63, 3.8) is 0 Å². The predicted octanol–water partition coefficient (Wildman–Crippen LogP) is 7.27. The van der Waals surface area contributed by atoms with Gasteiger partial charge in [-0.2, -0.15) is 0 Å². The first kappa shape index (κ1) is 23.7. The summed E-state index contributed by atoms with van der Waals surface area (Å²) in [6, 6.07) is 0. The van der Waals surface area contributed by atoms with Crippen molar-refractivity contribution in [1.29, 1.82) is 0 Å². The third-order valence-electron chi connectivity index (χ3n) is 9.45. The van der Waals surface area contributed by atoms with Crippen LogP contribution in [0.3, 0.4) is 0 Å². The molecule has 3 heteroatoms. The van der Waals surface area contributed by atoms with Crippen LogP contribution in [-0.2, 0) is 14.3 Å². The standard InChI is InChI=1S/C33H38O3/c1-10-35-29(34)22-17-25-26-23-15-20(30(2,3)4)13-18-11-12-19-14-21(31(5,6)7)16-24(27(26)28(22)36-25)33(19,9)32(18,23)8/h11-17,25,28H,10H2,1-9H3/t25-,28+,32+,33+/m1/s1. The summed E-state index contributed by atoms with van der Waals surface area (Å²) >= 11 is 0. The highest BCUT2D eigenvalue weighted by atomic mass is 16.5. The van der Waals surface area contributed by atoms with E-state index in [1.165, 1.54) is 44.6 Å². The molecule has 2 heterocycles. The highest BCUT2D eigenvalue weighted by Gasteiger charge is 2.63. The number of hydrogen-bond acceptors (Lipinski definition) is 3. The molecule has 6 rings (SSSR count). The van der Waals surface area contributed by atoms with E-state index >= 15 is 0 Å². The Bertz CT molecular complexity index is 1370. The van der Waals surface area contributed by atoms with Crippen LogP contribution in [0, 0.1) is 21.7 Å². The molecule has 0 radical (unpaired) electrons. The van der Waals surface area contributed by atoms with Gasteiger partial charge in [0, 0.05) is 10.8 Å². The maximum atomic E-state index is 13.0. The molecule has 0 aromatic carbocycles. The van der Waals surface area contributed by atoms with Crippen LogP contribution in [0.4, 0.5) is 0 Å². The van der Waals surface area contributed by atoms with Gasteiger partial charge in [-0.3, -0.25) is 0 Å². The summed E-state index contributed by atoms with van der Waals surface area (Å²) in [4.78, 5) is 13.0. The fourth-order valence-corrected chi connectivity index (χ4v) is 7.06. The number of esters is 1. The van der Waals surface area contributed by atoms with Crippen molar-refractivity contribution >= 4 is 5.97 Å². The van der Waals surface area contributed by atoms with Crippen molar-refractivity contribution in [2.45, 2.75) is 74.5 Å². The fraction of sp³-hybridized carbons (Fsp3) is 0.485. The number of allylic oxidation sites excluding steroid dienone is 12. The number of ether oxygens (including phenoxy) is 2. The molecule has 4 aliphatic carbocycles. The van der Waals surface area contributed by atoms with E-state index in [1.54, 1.807) is 0 Å². The molecule has 36 heavy (non-hydrogen) atoms. The van der Waals surface area contributed by atoms with Crippen LogP contribution >= 0.6 is 0 Å². The van der Waals surface area contributed by atoms with E-state index in [2.05, 4.69) is 91.8 Å². The molecule has 0 aromatic heterocycles. The van der Waals surface area contributed by atoms with Crippen LogP contribution in [0.15, 0.2) is 92.7 Å². The van der Waals surface area contributed by atoms with E-state index in [0.29, 0.717) is 12.2 Å².